The van der Waals surface area contributed by atoms with E-state index in [4.69, 9.17) is 4.74 Å². The highest BCUT2D eigenvalue weighted by molar-refractivity contribution is 7.13. The quantitative estimate of drug-likeness (QED) is 0.681. The Kier molecular flexibility index (Phi) is 5.43. The normalized spacial score (nSPS) is 10.4. The van der Waals surface area contributed by atoms with Crippen molar-refractivity contribution >= 4 is 28.9 Å². The third kappa shape index (κ3) is 4.34. The summed E-state index contributed by atoms with van der Waals surface area (Å²) < 4.78 is 5.34. The predicted octanol–water partition coefficient (Wildman–Crippen LogP) is 4.37. The number of nitrogens with zero attached hydrogens (tertiary/aromatic N) is 1. The molecular weight excluding hydrogens is 348 g/mol. The van der Waals surface area contributed by atoms with E-state index in [1.54, 1.807) is 31.2 Å². The van der Waals surface area contributed by atoms with Crippen LogP contribution in [0.1, 0.15) is 36.3 Å². The Labute approximate surface area is 155 Å². The number of carbonyl (C=O) groups excluding carboxylic acids is 2. The molecule has 6 heteroatoms. The fourth-order valence-electron chi connectivity index (χ4n) is 2.41. The first-order chi connectivity index (χ1) is 12.5. The minimum absolute atomic E-state index is 0.149. The highest BCUT2D eigenvalue weighted by Crippen LogP contribution is 2.19. The Hall–Kier alpha value is -2.99. The molecule has 5 nitrogen and oxygen atoms in total. The average Bonchev–Trinajstić information content (AvgIpc) is 2.99. The van der Waals surface area contributed by atoms with E-state index in [0.717, 1.165) is 16.3 Å². The molecule has 1 heterocycles. The van der Waals surface area contributed by atoms with Gasteiger partial charge in [0.05, 0.1) is 10.7 Å². The molecule has 3 aromatic rings. The Morgan fingerprint density at radius 3 is 2.35 bits per heavy atom. The number of nitrogens with one attached hydrogen (secondary N) is 1. The van der Waals surface area contributed by atoms with E-state index in [0.29, 0.717) is 16.1 Å². The number of thiazole rings is 1. The Morgan fingerprint density at radius 2 is 1.73 bits per heavy atom. The summed E-state index contributed by atoms with van der Waals surface area (Å²) in [4.78, 5) is 29.1. The van der Waals surface area contributed by atoms with Crippen molar-refractivity contribution in [3.63, 3.8) is 0 Å². The van der Waals surface area contributed by atoms with E-state index >= 15 is 0 Å². The molecule has 26 heavy (non-hydrogen) atoms. The standard InChI is InChI=1S/C20H18N2O3S/c1-13-18(26-14(2)21-13)20(24)25-12-15-8-10-16(11-9-15)19(23)22-17-6-4-3-5-7-17/h3-11H,12H2,1-2H3,(H,22,23). The average molecular weight is 366 g/mol. The molecule has 0 unspecified atom stereocenters. The molecule has 0 radical (unpaired) electrons. The van der Waals surface area contributed by atoms with Gasteiger partial charge in [0.2, 0.25) is 0 Å². The third-order valence-electron chi connectivity index (χ3n) is 3.71. The zero-order valence-electron chi connectivity index (χ0n) is 14.5. The summed E-state index contributed by atoms with van der Waals surface area (Å²) >= 11 is 1.33. The maximum absolute atomic E-state index is 12.2. The zero-order valence-corrected chi connectivity index (χ0v) is 15.3. The van der Waals surface area contributed by atoms with Crippen LogP contribution in [0.25, 0.3) is 0 Å². The van der Waals surface area contributed by atoms with Gasteiger partial charge in [0.25, 0.3) is 5.91 Å². The summed E-state index contributed by atoms with van der Waals surface area (Å²) in [5.74, 6) is -0.561. The number of hydrogen-bond donors (Lipinski definition) is 1. The van der Waals surface area contributed by atoms with Crippen molar-refractivity contribution in [1.82, 2.24) is 4.98 Å². The van der Waals surface area contributed by atoms with E-state index in [1.807, 2.05) is 37.3 Å². The van der Waals surface area contributed by atoms with E-state index < -0.39 is 0 Å². The number of para-hydroxylation sites is 1. The van der Waals surface area contributed by atoms with Crippen LogP contribution in [-0.2, 0) is 11.3 Å². The highest BCUT2D eigenvalue weighted by Gasteiger charge is 2.15. The lowest BCUT2D eigenvalue weighted by molar-refractivity contribution is 0.0477. The Bertz CT molecular complexity index is 918. The molecular formula is C20H18N2O3S. The van der Waals surface area contributed by atoms with Crippen LogP contribution in [0.2, 0.25) is 0 Å². The molecule has 132 valence electrons. The van der Waals surface area contributed by atoms with Crippen molar-refractivity contribution in [3.05, 3.63) is 81.3 Å². The largest absolute Gasteiger partial charge is 0.457 e. The maximum atomic E-state index is 12.2. The van der Waals surface area contributed by atoms with Crippen LogP contribution in [0.5, 0.6) is 0 Å². The molecule has 1 amide bonds. The molecule has 2 aromatic carbocycles. The van der Waals surface area contributed by atoms with Gasteiger partial charge in [0.1, 0.15) is 11.5 Å². The molecule has 0 saturated heterocycles. The number of carbonyl (C=O) groups is 2. The Balaban J connectivity index is 1.58. The van der Waals surface area contributed by atoms with Crippen molar-refractivity contribution in [2.75, 3.05) is 5.32 Å². The van der Waals surface area contributed by atoms with Crippen LogP contribution >= 0.6 is 11.3 Å². The topological polar surface area (TPSA) is 68.3 Å². The number of rotatable bonds is 5. The van der Waals surface area contributed by atoms with Gasteiger partial charge in [-0.05, 0) is 43.7 Å². The number of anilines is 1. The minimum Gasteiger partial charge on any atom is -0.457 e. The van der Waals surface area contributed by atoms with Gasteiger partial charge in [-0.15, -0.1) is 11.3 Å². The van der Waals surface area contributed by atoms with E-state index in [-0.39, 0.29) is 18.5 Å². The molecule has 0 aliphatic heterocycles. The van der Waals surface area contributed by atoms with Crippen molar-refractivity contribution in [2.45, 2.75) is 20.5 Å². The number of aromatic nitrogens is 1. The van der Waals surface area contributed by atoms with Crippen molar-refractivity contribution in [3.8, 4) is 0 Å². The summed E-state index contributed by atoms with van der Waals surface area (Å²) in [6, 6.07) is 16.2. The molecule has 0 fully saturated rings. The Morgan fingerprint density at radius 1 is 1.04 bits per heavy atom. The zero-order chi connectivity index (χ0) is 18.5. The van der Waals surface area contributed by atoms with Crippen molar-refractivity contribution in [1.29, 1.82) is 0 Å². The monoisotopic (exact) mass is 366 g/mol. The molecule has 1 aromatic heterocycles. The van der Waals surface area contributed by atoms with Gasteiger partial charge in [0, 0.05) is 11.3 Å². The van der Waals surface area contributed by atoms with Crippen molar-refractivity contribution < 1.29 is 14.3 Å². The lowest BCUT2D eigenvalue weighted by Crippen LogP contribution is -2.11. The molecule has 0 spiro atoms. The van der Waals surface area contributed by atoms with Gasteiger partial charge in [-0.3, -0.25) is 4.79 Å². The predicted molar refractivity (Wildman–Crippen MR) is 102 cm³/mol. The highest BCUT2D eigenvalue weighted by atomic mass is 32.1. The first-order valence-electron chi connectivity index (χ1n) is 8.09. The van der Waals surface area contributed by atoms with Gasteiger partial charge in [-0.1, -0.05) is 30.3 Å². The summed E-state index contributed by atoms with van der Waals surface area (Å²) in [5.41, 5.74) is 2.78. The second-order valence-corrected chi connectivity index (χ2v) is 6.94. The lowest BCUT2D eigenvalue weighted by Gasteiger charge is -2.07. The molecule has 0 aliphatic carbocycles. The van der Waals surface area contributed by atoms with Gasteiger partial charge in [0.15, 0.2) is 0 Å². The summed E-state index contributed by atoms with van der Waals surface area (Å²) in [7, 11) is 0. The SMILES string of the molecule is Cc1nc(C)c(C(=O)OCc2ccc(C(=O)Nc3ccccc3)cc2)s1. The van der Waals surface area contributed by atoms with Crippen LogP contribution in [0.15, 0.2) is 54.6 Å². The number of ether oxygens (including phenoxy) is 1. The fourth-order valence-corrected chi connectivity index (χ4v) is 3.23. The number of amides is 1. The molecule has 1 N–H and O–H groups in total. The van der Waals surface area contributed by atoms with E-state index in [1.165, 1.54) is 11.3 Å². The summed E-state index contributed by atoms with van der Waals surface area (Å²) in [5, 5.41) is 3.66. The van der Waals surface area contributed by atoms with Crippen LogP contribution in [0, 0.1) is 13.8 Å². The number of hydrogen-bond acceptors (Lipinski definition) is 5. The number of benzene rings is 2. The minimum atomic E-state index is -0.376. The van der Waals surface area contributed by atoms with Crippen molar-refractivity contribution in [2.24, 2.45) is 0 Å². The second kappa shape index (κ2) is 7.93. The molecule has 0 aliphatic rings. The first-order valence-corrected chi connectivity index (χ1v) is 8.91. The summed E-state index contributed by atoms with van der Waals surface area (Å²) in [6.07, 6.45) is 0. The second-order valence-electron chi connectivity index (χ2n) is 5.74. The van der Waals surface area contributed by atoms with Gasteiger partial charge in [-0.25, -0.2) is 9.78 Å². The van der Waals surface area contributed by atoms with Crippen LogP contribution in [-0.4, -0.2) is 16.9 Å². The van der Waals surface area contributed by atoms with Gasteiger partial charge >= 0.3 is 5.97 Å². The number of esters is 1. The fraction of sp³-hybridized carbons (Fsp3) is 0.150. The molecule has 0 atom stereocenters. The molecule has 3 rings (SSSR count). The molecule has 0 bridgehead atoms. The third-order valence-corrected chi connectivity index (χ3v) is 4.76. The smallest absolute Gasteiger partial charge is 0.350 e. The van der Waals surface area contributed by atoms with E-state index in [2.05, 4.69) is 10.3 Å². The maximum Gasteiger partial charge on any atom is 0.350 e. The van der Waals surface area contributed by atoms with E-state index in [9.17, 15) is 9.59 Å². The van der Waals surface area contributed by atoms with Crippen LogP contribution in [0.4, 0.5) is 5.69 Å². The van der Waals surface area contributed by atoms with Gasteiger partial charge in [-0.2, -0.15) is 0 Å². The first kappa shape index (κ1) is 17.8. The van der Waals surface area contributed by atoms with Gasteiger partial charge < -0.3 is 10.1 Å². The number of aryl methyl sites for hydroxylation is 2. The molecule has 0 saturated carbocycles. The lowest BCUT2D eigenvalue weighted by atomic mass is 10.1. The van der Waals surface area contributed by atoms with Crippen LogP contribution < -0.4 is 5.32 Å². The summed E-state index contributed by atoms with van der Waals surface area (Å²) in [6.45, 7) is 3.80. The van der Waals surface area contributed by atoms with Crippen LogP contribution in [0.3, 0.4) is 0 Å².